The van der Waals surface area contributed by atoms with Crippen LogP contribution in [0.1, 0.15) is 25.0 Å². The molecule has 3 nitrogen and oxygen atoms in total. The van der Waals surface area contributed by atoms with Gasteiger partial charge in [-0.2, -0.15) is 0 Å². The summed E-state index contributed by atoms with van der Waals surface area (Å²) >= 11 is 0. The van der Waals surface area contributed by atoms with E-state index in [2.05, 4.69) is 19.9 Å². The molecule has 1 amide bonds. The van der Waals surface area contributed by atoms with Crippen LogP contribution in [0, 0.1) is 5.92 Å². The van der Waals surface area contributed by atoms with Crippen molar-refractivity contribution in [1.29, 1.82) is 0 Å². The minimum absolute atomic E-state index is 0.262. The Labute approximate surface area is 90.2 Å². The molecule has 0 saturated carbocycles. The van der Waals surface area contributed by atoms with Gasteiger partial charge in [-0.15, -0.1) is 0 Å². The fraction of sp³-hybridized carbons (Fsp3) is 0.417. The van der Waals surface area contributed by atoms with Crippen molar-refractivity contribution in [2.75, 3.05) is 0 Å². The van der Waals surface area contributed by atoms with Crippen molar-refractivity contribution in [3.05, 3.63) is 35.4 Å². The van der Waals surface area contributed by atoms with E-state index in [4.69, 9.17) is 10.5 Å². The zero-order chi connectivity index (χ0) is 11.3. The van der Waals surface area contributed by atoms with Gasteiger partial charge in [0.15, 0.2) is 0 Å². The molecule has 0 saturated heterocycles. The van der Waals surface area contributed by atoms with Crippen molar-refractivity contribution in [2.45, 2.75) is 26.9 Å². The third-order valence-corrected chi connectivity index (χ3v) is 2.12. The number of ether oxygens (including phenoxy) is 1. The number of hydrogen-bond acceptors (Lipinski definition) is 2. The molecule has 0 aliphatic rings. The maximum atomic E-state index is 10.5. The van der Waals surface area contributed by atoms with Crippen LogP contribution in [0.4, 0.5) is 4.79 Å². The first-order valence-electron chi connectivity index (χ1n) is 5.08. The van der Waals surface area contributed by atoms with E-state index in [9.17, 15) is 4.79 Å². The molecule has 1 aromatic carbocycles. The molecule has 3 heteroatoms. The number of amides is 1. The first-order chi connectivity index (χ1) is 7.09. The lowest BCUT2D eigenvalue weighted by Gasteiger charge is -2.10. The quantitative estimate of drug-likeness (QED) is 0.824. The first-order valence-corrected chi connectivity index (χ1v) is 5.08. The molecule has 2 N–H and O–H groups in total. The topological polar surface area (TPSA) is 52.3 Å². The molecule has 1 rings (SSSR count). The Balaban J connectivity index is 2.72. The van der Waals surface area contributed by atoms with Crippen molar-refractivity contribution in [3.8, 4) is 0 Å². The molecule has 0 spiro atoms. The molecule has 0 aliphatic carbocycles. The number of rotatable bonds is 4. The summed E-state index contributed by atoms with van der Waals surface area (Å²) in [6.07, 6.45) is 0.257. The summed E-state index contributed by atoms with van der Waals surface area (Å²) in [5.74, 6) is 0.583. The SMILES string of the molecule is CC(C)Cc1ccccc1COC(N)=O. The lowest BCUT2D eigenvalue weighted by Crippen LogP contribution is -2.13. The Morgan fingerprint density at radius 1 is 1.33 bits per heavy atom. The van der Waals surface area contributed by atoms with Crippen LogP contribution in [0.25, 0.3) is 0 Å². The van der Waals surface area contributed by atoms with Gasteiger partial charge in [0.2, 0.25) is 0 Å². The van der Waals surface area contributed by atoms with Crippen LogP contribution in [0.5, 0.6) is 0 Å². The number of carbonyl (C=O) groups excluding carboxylic acids is 1. The number of primary amides is 1. The van der Waals surface area contributed by atoms with Crippen LogP contribution < -0.4 is 5.73 Å². The molecule has 0 aliphatic heterocycles. The number of hydrogen-bond donors (Lipinski definition) is 1. The predicted octanol–water partition coefficient (Wildman–Crippen LogP) is 2.48. The lowest BCUT2D eigenvalue weighted by atomic mass is 9.98. The lowest BCUT2D eigenvalue weighted by molar-refractivity contribution is 0.150. The molecule has 82 valence electrons. The normalized spacial score (nSPS) is 10.3. The number of benzene rings is 1. The molecule has 0 bridgehead atoms. The standard InChI is InChI=1S/C12H17NO2/c1-9(2)7-10-5-3-4-6-11(10)8-15-12(13)14/h3-6,9H,7-8H2,1-2H3,(H2,13,14). The highest BCUT2D eigenvalue weighted by molar-refractivity contribution is 5.64. The van der Waals surface area contributed by atoms with Crippen molar-refractivity contribution in [2.24, 2.45) is 11.7 Å². The second-order valence-electron chi connectivity index (χ2n) is 3.97. The Bertz CT molecular complexity index is 334. The second-order valence-corrected chi connectivity index (χ2v) is 3.97. The predicted molar refractivity (Wildman–Crippen MR) is 59.4 cm³/mol. The summed E-state index contributed by atoms with van der Waals surface area (Å²) in [6.45, 7) is 4.58. The summed E-state index contributed by atoms with van der Waals surface area (Å²) in [5, 5.41) is 0. The van der Waals surface area contributed by atoms with Gasteiger partial charge in [0.05, 0.1) is 0 Å². The molecule has 0 heterocycles. The average molecular weight is 207 g/mol. The fourth-order valence-electron chi connectivity index (χ4n) is 1.49. The second kappa shape index (κ2) is 5.39. The third kappa shape index (κ3) is 4.02. The average Bonchev–Trinajstić information content (AvgIpc) is 2.15. The molecule has 0 unspecified atom stereocenters. The zero-order valence-electron chi connectivity index (χ0n) is 9.19. The van der Waals surface area contributed by atoms with E-state index in [1.807, 2.05) is 18.2 Å². The Morgan fingerprint density at radius 3 is 2.47 bits per heavy atom. The fourth-order valence-corrected chi connectivity index (χ4v) is 1.49. The van der Waals surface area contributed by atoms with Gasteiger partial charge in [0.1, 0.15) is 6.61 Å². The van der Waals surface area contributed by atoms with Crippen LogP contribution in [0.3, 0.4) is 0 Å². The Morgan fingerprint density at radius 2 is 1.93 bits per heavy atom. The highest BCUT2D eigenvalue weighted by atomic mass is 16.5. The van der Waals surface area contributed by atoms with Crippen molar-refractivity contribution >= 4 is 6.09 Å². The minimum atomic E-state index is -0.727. The van der Waals surface area contributed by atoms with Crippen LogP contribution in [-0.2, 0) is 17.8 Å². The number of carbonyl (C=O) groups is 1. The maximum absolute atomic E-state index is 10.5. The van der Waals surface area contributed by atoms with Gasteiger partial charge in [-0.1, -0.05) is 38.1 Å². The van der Waals surface area contributed by atoms with E-state index in [1.165, 1.54) is 5.56 Å². The van der Waals surface area contributed by atoms with Gasteiger partial charge < -0.3 is 10.5 Å². The first kappa shape index (κ1) is 11.6. The van der Waals surface area contributed by atoms with E-state index in [0.29, 0.717) is 5.92 Å². The summed E-state index contributed by atoms with van der Waals surface area (Å²) in [7, 11) is 0. The van der Waals surface area contributed by atoms with Gasteiger partial charge in [-0.05, 0) is 23.5 Å². The highest BCUT2D eigenvalue weighted by Crippen LogP contribution is 2.14. The van der Waals surface area contributed by atoms with E-state index >= 15 is 0 Å². The van der Waals surface area contributed by atoms with Gasteiger partial charge in [0.25, 0.3) is 0 Å². The van der Waals surface area contributed by atoms with Crippen LogP contribution in [0.15, 0.2) is 24.3 Å². The molecular formula is C12H17NO2. The molecule has 1 aromatic rings. The highest BCUT2D eigenvalue weighted by Gasteiger charge is 2.05. The van der Waals surface area contributed by atoms with Crippen molar-refractivity contribution in [3.63, 3.8) is 0 Å². The van der Waals surface area contributed by atoms with E-state index in [-0.39, 0.29) is 6.61 Å². The molecule has 0 fully saturated rings. The van der Waals surface area contributed by atoms with E-state index in [1.54, 1.807) is 0 Å². The Kier molecular flexibility index (Phi) is 4.16. The zero-order valence-corrected chi connectivity index (χ0v) is 9.19. The molecular weight excluding hydrogens is 190 g/mol. The van der Waals surface area contributed by atoms with E-state index in [0.717, 1.165) is 12.0 Å². The summed E-state index contributed by atoms with van der Waals surface area (Å²) < 4.78 is 4.79. The minimum Gasteiger partial charge on any atom is -0.445 e. The number of nitrogens with two attached hydrogens (primary N) is 1. The van der Waals surface area contributed by atoms with Crippen LogP contribution >= 0.6 is 0 Å². The van der Waals surface area contributed by atoms with Gasteiger partial charge >= 0.3 is 6.09 Å². The van der Waals surface area contributed by atoms with Gasteiger partial charge in [-0.3, -0.25) is 0 Å². The van der Waals surface area contributed by atoms with Crippen LogP contribution in [0.2, 0.25) is 0 Å². The molecule has 15 heavy (non-hydrogen) atoms. The largest absolute Gasteiger partial charge is 0.445 e. The van der Waals surface area contributed by atoms with Gasteiger partial charge in [-0.25, -0.2) is 4.79 Å². The summed E-state index contributed by atoms with van der Waals surface area (Å²) in [6, 6.07) is 7.94. The summed E-state index contributed by atoms with van der Waals surface area (Å²) in [4.78, 5) is 10.5. The van der Waals surface area contributed by atoms with Crippen molar-refractivity contribution in [1.82, 2.24) is 0 Å². The monoisotopic (exact) mass is 207 g/mol. The van der Waals surface area contributed by atoms with Crippen molar-refractivity contribution < 1.29 is 9.53 Å². The third-order valence-electron chi connectivity index (χ3n) is 2.12. The van der Waals surface area contributed by atoms with Crippen LogP contribution in [-0.4, -0.2) is 6.09 Å². The van der Waals surface area contributed by atoms with Gasteiger partial charge in [0, 0.05) is 0 Å². The smallest absolute Gasteiger partial charge is 0.404 e. The molecule has 0 radical (unpaired) electrons. The van der Waals surface area contributed by atoms with E-state index < -0.39 is 6.09 Å². The summed E-state index contributed by atoms with van der Waals surface area (Å²) in [5.41, 5.74) is 7.18. The molecule has 0 aromatic heterocycles. The maximum Gasteiger partial charge on any atom is 0.404 e. The molecule has 0 atom stereocenters. The Hall–Kier alpha value is -1.51.